The van der Waals surface area contributed by atoms with Gasteiger partial charge in [-0.05, 0) is 37.0 Å². The monoisotopic (exact) mass is 335 g/mol. The predicted molar refractivity (Wildman–Crippen MR) is 92.7 cm³/mol. The number of benzene rings is 1. The highest BCUT2D eigenvalue weighted by Crippen LogP contribution is 2.38. The number of carbonyl (C=O) groups is 1. The van der Waals surface area contributed by atoms with Gasteiger partial charge in [0.1, 0.15) is 16.6 Å². The van der Waals surface area contributed by atoms with Crippen molar-refractivity contribution in [3.8, 4) is 6.07 Å². The molecular formula is C18H13N3O2S. The molecule has 1 N–H and O–H groups in total. The molecule has 0 aliphatic heterocycles. The zero-order valence-electron chi connectivity index (χ0n) is 12.7. The van der Waals surface area contributed by atoms with Gasteiger partial charge in [0, 0.05) is 11.1 Å². The molecule has 0 amide bonds. The molecule has 24 heavy (non-hydrogen) atoms. The SMILES string of the molecule is N#Cc1c(NC=C(C=O)c2nc3ccccc3o2)sc2c1CCC2. The van der Waals surface area contributed by atoms with Crippen LogP contribution in [-0.2, 0) is 17.6 Å². The van der Waals surface area contributed by atoms with Crippen molar-refractivity contribution in [3.63, 3.8) is 0 Å². The first kappa shape index (κ1) is 14.7. The molecule has 0 saturated carbocycles. The van der Waals surface area contributed by atoms with E-state index >= 15 is 0 Å². The lowest BCUT2D eigenvalue weighted by Crippen LogP contribution is -1.94. The maximum absolute atomic E-state index is 11.4. The van der Waals surface area contributed by atoms with Gasteiger partial charge < -0.3 is 9.73 Å². The Morgan fingerprint density at radius 1 is 1.38 bits per heavy atom. The first-order chi connectivity index (χ1) is 11.8. The zero-order valence-corrected chi connectivity index (χ0v) is 13.5. The maximum Gasteiger partial charge on any atom is 0.232 e. The average molecular weight is 335 g/mol. The minimum Gasteiger partial charge on any atom is -0.436 e. The smallest absolute Gasteiger partial charge is 0.232 e. The van der Waals surface area contributed by atoms with E-state index in [9.17, 15) is 10.1 Å². The fourth-order valence-electron chi connectivity index (χ4n) is 2.91. The lowest BCUT2D eigenvalue weighted by atomic mass is 10.1. The van der Waals surface area contributed by atoms with E-state index < -0.39 is 0 Å². The molecule has 0 spiro atoms. The summed E-state index contributed by atoms with van der Waals surface area (Å²) in [5.41, 5.74) is 3.48. The number of anilines is 1. The second-order valence-electron chi connectivity index (χ2n) is 5.52. The van der Waals surface area contributed by atoms with E-state index in [1.807, 2.05) is 18.2 Å². The lowest BCUT2D eigenvalue weighted by molar-refractivity contribution is -0.103. The molecule has 0 fully saturated rings. The third-order valence-corrected chi connectivity index (χ3v) is 5.28. The number of hydrogen-bond donors (Lipinski definition) is 1. The molecule has 2 aromatic heterocycles. The van der Waals surface area contributed by atoms with Crippen molar-refractivity contribution in [2.75, 3.05) is 5.32 Å². The largest absolute Gasteiger partial charge is 0.436 e. The highest BCUT2D eigenvalue weighted by molar-refractivity contribution is 7.16. The van der Waals surface area contributed by atoms with Crippen LogP contribution in [0.3, 0.4) is 0 Å². The summed E-state index contributed by atoms with van der Waals surface area (Å²) in [6, 6.07) is 9.62. The van der Waals surface area contributed by atoms with Gasteiger partial charge >= 0.3 is 0 Å². The number of nitrogens with one attached hydrogen (secondary N) is 1. The van der Waals surface area contributed by atoms with Crippen molar-refractivity contribution in [1.29, 1.82) is 5.26 Å². The predicted octanol–water partition coefficient (Wildman–Crippen LogP) is 3.90. The molecule has 1 aliphatic rings. The summed E-state index contributed by atoms with van der Waals surface area (Å²) < 4.78 is 5.62. The molecule has 1 aromatic carbocycles. The Balaban J connectivity index is 1.67. The Bertz CT molecular complexity index is 974. The third-order valence-electron chi connectivity index (χ3n) is 4.06. The first-order valence-electron chi connectivity index (χ1n) is 7.62. The molecule has 4 rings (SSSR count). The summed E-state index contributed by atoms with van der Waals surface area (Å²) in [6.45, 7) is 0. The second-order valence-corrected chi connectivity index (χ2v) is 6.63. The molecule has 2 heterocycles. The number of aldehydes is 1. The fourth-order valence-corrected chi connectivity index (χ4v) is 4.12. The van der Waals surface area contributed by atoms with Crippen molar-refractivity contribution in [2.24, 2.45) is 0 Å². The van der Waals surface area contributed by atoms with E-state index in [1.54, 1.807) is 23.6 Å². The quantitative estimate of drug-likeness (QED) is 0.578. The molecular weight excluding hydrogens is 322 g/mol. The number of thiophene rings is 1. The summed E-state index contributed by atoms with van der Waals surface area (Å²) in [4.78, 5) is 17.0. The van der Waals surface area contributed by atoms with Crippen molar-refractivity contribution >= 4 is 39.3 Å². The number of fused-ring (bicyclic) bond motifs is 2. The summed E-state index contributed by atoms with van der Waals surface area (Å²) in [6.07, 6.45) is 5.33. The van der Waals surface area contributed by atoms with Crippen LogP contribution in [0.1, 0.15) is 28.3 Å². The molecule has 5 nitrogen and oxygen atoms in total. The summed E-state index contributed by atoms with van der Waals surface area (Å²) in [7, 11) is 0. The van der Waals surface area contributed by atoms with Gasteiger partial charge in [-0.3, -0.25) is 4.79 Å². The number of oxazole rings is 1. The maximum atomic E-state index is 11.4. The van der Waals surface area contributed by atoms with Crippen LogP contribution in [0.4, 0.5) is 5.00 Å². The van der Waals surface area contributed by atoms with Gasteiger partial charge in [-0.2, -0.15) is 5.26 Å². The zero-order chi connectivity index (χ0) is 16.5. The fraction of sp³-hybridized carbons (Fsp3) is 0.167. The Morgan fingerprint density at radius 2 is 2.25 bits per heavy atom. The molecule has 6 heteroatoms. The van der Waals surface area contributed by atoms with Gasteiger partial charge in [0.2, 0.25) is 5.89 Å². The van der Waals surface area contributed by atoms with Crippen LogP contribution in [0.5, 0.6) is 0 Å². The van der Waals surface area contributed by atoms with Crippen LogP contribution in [0.2, 0.25) is 0 Å². The van der Waals surface area contributed by atoms with Gasteiger partial charge in [0.05, 0.1) is 11.1 Å². The minimum absolute atomic E-state index is 0.265. The highest BCUT2D eigenvalue weighted by Gasteiger charge is 2.21. The number of carbonyl (C=O) groups excluding carboxylic acids is 1. The Labute approximate surface area is 142 Å². The number of aryl methyl sites for hydroxylation is 1. The van der Waals surface area contributed by atoms with E-state index in [4.69, 9.17) is 4.42 Å². The molecule has 0 unspecified atom stereocenters. The number of aromatic nitrogens is 1. The van der Waals surface area contributed by atoms with Crippen LogP contribution < -0.4 is 5.32 Å². The van der Waals surface area contributed by atoms with E-state index in [2.05, 4.69) is 16.4 Å². The van der Waals surface area contributed by atoms with Crippen molar-refractivity contribution in [2.45, 2.75) is 19.3 Å². The number of hydrogen-bond acceptors (Lipinski definition) is 6. The lowest BCUT2D eigenvalue weighted by Gasteiger charge is -2.00. The van der Waals surface area contributed by atoms with E-state index in [-0.39, 0.29) is 5.89 Å². The third kappa shape index (κ3) is 2.39. The number of allylic oxidation sites excluding steroid dienone is 1. The summed E-state index contributed by atoms with van der Waals surface area (Å²) in [5, 5.41) is 13.3. The van der Waals surface area contributed by atoms with E-state index in [0.29, 0.717) is 28.5 Å². The second kappa shape index (κ2) is 5.95. The highest BCUT2D eigenvalue weighted by atomic mass is 32.1. The molecule has 0 bridgehead atoms. The van der Waals surface area contributed by atoms with Crippen LogP contribution in [0, 0.1) is 11.3 Å². The number of nitrogens with zero attached hydrogens (tertiary/aromatic N) is 2. The summed E-state index contributed by atoms with van der Waals surface area (Å²) >= 11 is 1.58. The standard InChI is InChI=1S/C18H13N3O2S/c19-8-13-12-4-3-7-16(12)24-18(13)20-9-11(10-22)17-21-14-5-1-2-6-15(14)23-17/h1-2,5-6,9-10,20H,3-4,7H2. The molecule has 0 saturated heterocycles. The van der Waals surface area contributed by atoms with Crippen molar-refractivity contribution in [1.82, 2.24) is 4.98 Å². The first-order valence-corrected chi connectivity index (χ1v) is 8.44. The Kier molecular flexibility index (Phi) is 3.63. The normalized spacial score (nSPS) is 13.7. The van der Waals surface area contributed by atoms with Gasteiger partial charge in [0.15, 0.2) is 11.9 Å². The topological polar surface area (TPSA) is 78.9 Å². The molecule has 1 aliphatic carbocycles. The summed E-state index contributed by atoms with van der Waals surface area (Å²) in [5.74, 6) is 0.265. The minimum atomic E-state index is 0.265. The Hall–Kier alpha value is -2.91. The molecule has 3 aromatic rings. The van der Waals surface area contributed by atoms with Gasteiger partial charge in [-0.15, -0.1) is 11.3 Å². The number of nitriles is 1. The number of para-hydroxylation sites is 2. The van der Waals surface area contributed by atoms with E-state index in [1.165, 1.54) is 4.88 Å². The molecule has 0 radical (unpaired) electrons. The Morgan fingerprint density at radius 3 is 3.04 bits per heavy atom. The van der Waals surface area contributed by atoms with Gasteiger partial charge in [-0.1, -0.05) is 12.1 Å². The van der Waals surface area contributed by atoms with Crippen molar-refractivity contribution in [3.05, 3.63) is 52.4 Å². The van der Waals surface area contributed by atoms with Crippen LogP contribution in [0.15, 0.2) is 34.9 Å². The van der Waals surface area contributed by atoms with Crippen LogP contribution in [-0.4, -0.2) is 11.3 Å². The average Bonchev–Trinajstić information content (AvgIpc) is 3.28. The van der Waals surface area contributed by atoms with Crippen LogP contribution in [0.25, 0.3) is 16.7 Å². The van der Waals surface area contributed by atoms with Gasteiger partial charge in [0.25, 0.3) is 0 Å². The number of rotatable bonds is 4. The molecule has 0 atom stereocenters. The van der Waals surface area contributed by atoms with E-state index in [0.717, 1.165) is 29.8 Å². The van der Waals surface area contributed by atoms with Crippen molar-refractivity contribution < 1.29 is 9.21 Å². The van der Waals surface area contributed by atoms with Gasteiger partial charge in [-0.25, -0.2) is 4.98 Å². The van der Waals surface area contributed by atoms with Crippen LogP contribution >= 0.6 is 11.3 Å². The molecule has 118 valence electrons.